The summed E-state index contributed by atoms with van der Waals surface area (Å²) in [5.74, 6) is -0.532. The molecule has 0 radical (unpaired) electrons. The second-order valence-electron chi connectivity index (χ2n) is 4.00. The zero-order chi connectivity index (χ0) is 14.3. The number of pyridine rings is 1. The Balaban J connectivity index is 0.00000361. The summed E-state index contributed by atoms with van der Waals surface area (Å²) in [7, 11) is 0. The lowest BCUT2D eigenvalue weighted by atomic mass is 10.2. The highest BCUT2D eigenvalue weighted by Crippen LogP contribution is 1.95. The molecule has 0 unspecified atom stereocenters. The zero-order valence-corrected chi connectivity index (χ0v) is 11.9. The molecule has 1 aromatic heterocycles. The third-order valence-electron chi connectivity index (χ3n) is 2.55. The fourth-order valence-electron chi connectivity index (χ4n) is 1.57. The van der Waals surface area contributed by atoms with Gasteiger partial charge in [0.25, 0.3) is 5.91 Å². The number of hydrogen-bond donors (Lipinski definition) is 1. The van der Waals surface area contributed by atoms with Gasteiger partial charge in [-0.05, 0) is 0 Å². The van der Waals surface area contributed by atoms with Crippen molar-refractivity contribution in [1.82, 2.24) is 4.90 Å². The highest BCUT2D eigenvalue weighted by Gasteiger charge is 2.16. The predicted molar refractivity (Wildman–Crippen MR) is 72.1 cm³/mol. The number of primary amides is 1. The van der Waals surface area contributed by atoms with Gasteiger partial charge in [-0.2, -0.15) is 4.57 Å². The van der Waals surface area contributed by atoms with E-state index in [9.17, 15) is 9.59 Å². The summed E-state index contributed by atoms with van der Waals surface area (Å²) in [6.07, 6.45) is 6.64. The third kappa shape index (κ3) is 5.24. The lowest BCUT2D eigenvalue weighted by Gasteiger charge is -2.17. The van der Waals surface area contributed by atoms with Crippen molar-refractivity contribution < 1.29 is 26.6 Å². The minimum absolute atomic E-state index is 0. The minimum atomic E-state index is -0.488. The second kappa shape index (κ2) is 8.87. The molecule has 1 heterocycles. The molecule has 0 aromatic carbocycles. The molecular formula is C14H18ClN3O2. The van der Waals surface area contributed by atoms with E-state index in [-0.39, 0.29) is 24.9 Å². The van der Waals surface area contributed by atoms with E-state index in [0.717, 1.165) is 0 Å². The molecule has 6 heteroatoms. The number of rotatable bonds is 7. The van der Waals surface area contributed by atoms with Crippen molar-refractivity contribution in [2.45, 2.75) is 6.54 Å². The number of amides is 2. The number of hydrogen-bond acceptors (Lipinski definition) is 2. The third-order valence-corrected chi connectivity index (χ3v) is 2.55. The summed E-state index contributed by atoms with van der Waals surface area (Å²) in [4.78, 5) is 24.6. The Hall–Kier alpha value is -2.14. The van der Waals surface area contributed by atoms with E-state index in [2.05, 4.69) is 13.2 Å². The maximum Gasteiger partial charge on any atom is 0.289 e. The summed E-state index contributed by atoms with van der Waals surface area (Å²) >= 11 is 0. The van der Waals surface area contributed by atoms with Gasteiger partial charge in [0, 0.05) is 25.2 Å². The minimum Gasteiger partial charge on any atom is -1.00 e. The van der Waals surface area contributed by atoms with Crippen molar-refractivity contribution in [2.24, 2.45) is 5.73 Å². The molecule has 0 aliphatic carbocycles. The Kier molecular flexibility index (Phi) is 7.93. The Bertz CT molecular complexity index is 476. The summed E-state index contributed by atoms with van der Waals surface area (Å²) in [5.41, 5.74) is 5.56. The van der Waals surface area contributed by atoms with Crippen molar-refractivity contribution in [1.29, 1.82) is 0 Å². The lowest BCUT2D eigenvalue weighted by Crippen LogP contribution is -3.00. The van der Waals surface area contributed by atoms with E-state index in [1.165, 1.54) is 0 Å². The van der Waals surface area contributed by atoms with Crippen LogP contribution >= 0.6 is 0 Å². The second-order valence-corrected chi connectivity index (χ2v) is 4.00. The molecule has 0 atom stereocenters. The van der Waals surface area contributed by atoms with Crippen LogP contribution in [-0.4, -0.2) is 29.8 Å². The Morgan fingerprint density at radius 3 is 2.10 bits per heavy atom. The number of nitrogens with two attached hydrogens (primary N) is 1. The molecule has 0 saturated heterocycles. The van der Waals surface area contributed by atoms with E-state index in [0.29, 0.717) is 18.7 Å². The molecule has 0 spiro atoms. The fraction of sp³-hybridized carbons (Fsp3) is 0.214. The Labute approximate surface area is 124 Å². The molecule has 108 valence electrons. The van der Waals surface area contributed by atoms with Gasteiger partial charge in [-0.25, -0.2) is 0 Å². The number of halogens is 1. The molecule has 2 N–H and O–H groups in total. The van der Waals surface area contributed by atoms with Crippen LogP contribution < -0.4 is 22.7 Å². The van der Waals surface area contributed by atoms with Gasteiger partial charge in [0.05, 0.1) is 5.56 Å². The maximum atomic E-state index is 12.0. The largest absolute Gasteiger partial charge is 1.00 e. The van der Waals surface area contributed by atoms with Gasteiger partial charge in [0.2, 0.25) is 12.5 Å². The van der Waals surface area contributed by atoms with Gasteiger partial charge >= 0.3 is 0 Å². The first-order chi connectivity index (χ1) is 9.08. The van der Waals surface area contributed by atoms with Crippen LogP contribution in [-0.2, 0) is 11.3 Å². The van der Waals surface area contributed by atoms with Crippen LogP contribution in [0.1, 0.15) is 10.4 Å². The molecule has 20 heavy (non-hydrogen) atoms. The first-order valence-corrected chi connectivity index (χ1v) is 5.87. The van der Waals surface area contributed by atoms with Crippen molar-refractivity contribution in [3.8, 4) is 0 Å². The van der Waals surface area contributed by atoms with Crippen LogP contribution in [0.3, 0.4) is 0 Å². The lowest BCUT2D eigenvalue weighted by molar-refractivity contribution is -0.685. The van der Waals surface area contributed by atoms with E-state index in [1.54, 1.807) is 46.1 Å². The van der Waals surface area contributed by atoms with Gasteiger partial charge in [0.15, 0.2) is 12.4 Å². The normalized spacial score (nSPS) is 9.20. The molecule has 1 aromatic rings. The highest BCUT2D eigenvalue weighted by atomic mass is 35.5. The number of carbonyl (C=O) groups excluding carboxylic acids is 2. The van der Waals surface area contributed by atoms with E-state index in [1.807, 2.05) is 0 Å². The van der Waals surface area contributed by atoms with Gasteiger partial charge in [-0.1, -0.05) is 12.2 Å². The van der Waals surface area contributed by atoms with Gasteiger partial charge < -0.3 is 23.0 Å². The monoisotopic (exact) mass is 295 g/mol. The van der Waals surface area contributed by atoms with Gasteiger partial charge in [-0.3, -0.25) is 9.59 Å². The standard InChI is InChI=1S/C14H17N3O2.ClH/c1-3-7-17(8-4-2)13(18)11-16-9-5-12(6-10-16)14(15)19;/h3-6,9-10H,1-2,7-8,11H2,(H-,15,19);1H. The first kappa shape index (κ1) is 17.9. The van der Waals surface area contributed by atoms with Crippen molar-refractivity contribution in [2.75, 3.05) is 13.1 Å². The molecule has 5 nitrogen and oxygen atoms in total. The fourth-order valence-corrected chi connectivity index (χ4v) is 1.57. The van der Waals surface area contributed by atoms with Crippen LogP contribution in [0.5, 0.6) is 0 Å². The molecular weight excluding hydrogens is 278 g/mol. The number of nitrogens with zero attached hydrogens (tertiary/aromatic N) is 2. The van der Waals surface area contributed by atoms with Gasteiger partial charge in [-0.15, -0.1) is 13.2 Å². The van der Waals surface area contributed by atoms with Crippen LogP contribution in [0.4, 0.5) is 0 Å². The number of carbonyl (C=O) groups is 2. The van der Waals surface area contributed by atoms with Crippen LogP contribution in [0.2, 0.25) is 0 Å². The molecule has 0 fully saturated rings. The van der Waals surface area contributed by atoms with E-state index >= 15 is 0 Å². The van der Waals surface area contributed by atoms with Gasteiger partial charge in [0.1, 0.15) is 0 Å². The van der Waals surface area contributed by atoms with E-state index < -0.39 is 5.91 Å². The summed E-state index contributed by atoms with van der Waals surface area (Å²) in [5, 5.41) is 0. The molecule has 0 saturated carbocycles. The average molecular weight is 296 g/mol. The topological polar surface area (TPSA) is 67.3 Å². The molecule has 0 bridgehead atoms. The zero-order valence-electron chi connectivity index (χ0n) is 11.2. The predicted octanol–water partition coefficient (Wildman–Crippen LogP) is -2.72. The summed E-state index contributed by atoms with van der Waals surface area (Å²) < 4.78 is 1.69. The van der Waals surface area contributed by atoms with Crippen LogP contribution in [0.15, 0.2) is 49.8 Å². The Morgan fingerprint density at radius 2 is 1.70 bits per heavy atom. The van der Waals surface area contributed by atoms with Crippen molar-refractivity contribution in [3.05, 3.63) is 55.4 Å². The van der Waals surface area contributed by atoms with Crippen molar-refractivity contribution in [3.63, 3.8) is 0 Å². The summed E-state index contributed by atoms with van der Waals surface area (Å²) in [6.45, 7) is 8.38. The highest BCUT2D eigenvalue weighted by molar-refractivity contribution is 5.92. The quantitative estimate of drug-likeness (QED) is 0.439. The molecule has 2 amide bonds. The molecule has 0 aliphatic heterocycles. The van der Waals surface area contributed by atoms with Crippen LogP contribution in [0.25, 0.3) is 0 Å². The van der Waals surface area contributed by atoms with Crippen LogP contribution in [0, 0.1) is 0 Å². The number of aromatic nitrogens is 1. The Morgan fingerprint density at radius 1 is 1.20 bits per heavy atom. The maximum absolute atomic E-state index is 12.0. The smallest absolute Gasteiger partial charge is 0.289 e. The molecule has 0 aliphatic rings. The van der Waals surface area contributed by atoms with E-state index in [4.69, 9.17) is 5.73 Å². The summed E-state index contributed by atoms with van der Waals surface area (Å²) in [6, 6.07) is 3.17. The molecule has 1 rings (SSSR count). The first-order valence-electron chi connectivity index (χ1n) is 5.87. The van der Waals surface area contributed by atoms with Crippen molar-refractivity contribution >= 4 is 11.8 Å². The average Bonchev–Trinajstić information content (AvgIpc) is 2.39. The SMILES string of the molecule is C=CCN(CC=C)C(=O)C[n+]1ccc(C(N)=O)cc1.[Cl-].